The summed E-state index contributed by atoms with van der Waals surface area (Å²) in [4.78, 5) is 2.39. The summed E-state index contributed by atoms with van der Waals surface area (Å²) < 4.78 is 5.21. The van der Waals surface area contributed by atoms with Gasteiger partial charge in [0.05, 0.1) is 13.2 Å². The number of rotatable bonds is 8. The lowest BCUT2D eigenvalue weighted by Gasteiger charge is -2.25. The molecule has 3 nitrogen and oxygen atoms in total. The van der Waals surface area contributed by atoms with Crippen LogP contribution in [0.2, 0.25) is 0 Å². The molecule has 0 bridgehead atoms. The minimum Gasteiger partial charge on any atom is -0.497 e. The van der Waals surface area contributed by atoms with Gasteiger partial charge in [0, 0.05) is 13.1 Å². The largest absolute Gasteiger partial charge is 0.497 e. The highest BCUT2D eigenvalue weighted by Gasteiger charge is 2.25. The number of ether oxygens (including phenoxy) is 1. The van der Waals surface area contributed by atoms with E-state index in [-0.39, 0.29) is 0 Å². The van der Waals surface area contributed by atoms with E-state index in [1.807, 2.05) is 24.3 Å². The lowest BCUT2D eigenvalue weighted by atomic mass is 10.1. The molecule has 1 saturated carbocycles. The standard InChI is InChI=1S/C16H25NO2/c1-3-9-17(11-13-7-8-13)12-16(18)14-5-4-6-15(10-14)19-2/h4-6,10,13,16,18H,3,7-9,11-12H2,1-2H3. The van der Waals surface area contributed by atoms with Gasteiger partial charge in [-0.05, 0) is 49.4 Å². The molecular formula is C16H25NO2. The Kier molecular flexibility index (Phi) is 5.23. The maximum atomic E-state index is 10.4. The van der Waals surface area contributed by atoms with E-state index in [1.54, 1.807) is 7.11 Å². The van der Waals surface area contributed by atoms with Crippen molar-refractivity contribution in [3.8, 4) is 5.75 Å². The van der Waals surface area contributed by atoms with Crippen LogP contribution in [0.3, 0.4) is 0 Å². The normalized spacial score (nSPS) is 16.6. The van der Waals surface area contributed by atoms with Crippen molar-refractivity contribution in [3.05, 3.63) is 29.8 Å². The second-order valence-electron chi connectivity index (χ2n) is 5.50. The Morgan fingerprint density at radius 2 is 2.21 bits per heavy atom. The topological polar surface area (TPSA) is 32.7 Å². The Hall–Kier alpha value is -1.06. The molecule has 0 amide bonds. The summed E-state index contributed by atoms with van der Waals surface area (Å²) in [6.45, 7) is 5.11. The van der Waals surface area contributed by atoms with Gasteiger partial charge in [0.2, 0.25) is 0 Å². The zero-order chi connectivity index (χ0) is 13.7. The Morgan fingerprint density at radius 1 is 1.42 bits per heavy atom. The molecule has 3 heteroatoms. The van der Waals surface area contributed by atoms with Crippen molar-refractivity contribution in [2.45, 2.75) is 32.3 Å². The third-order valence-corrected chi connectivity index (χ3v) is 3.66. The van der Waals surface area contributed by atoms with Gasteiger partial charge in [-0.1, -0.05) is 19.1 Å². The molecule has 1 aromatic carbocycles. The van der Waals surface area contributed by atoms with E-state index >= 15 is 0 Å². The van der Waals surface area contributed by atoms with E-state index in [0.717, 1.165) is 43.3 Å². The van der Waals surface area contributed by atoms with Gasteiger partial charge in [0.15, 0.2) is 0 Å². The maximum absolute atomic E-state index is 10.4. The van der Waals surface area contributed by atoms with Crippen molar-refractivity contribution in [2.24, 2.45) is 5.92 Å². The molecule has 1 atom stereocenters. The van der Waals surface area contributed by atoms with Crippen LogP contribution in [0.4, 0.5) is 0 Å². The summed E-state index contributed by atoms with van der Waals surface area (Å²) in [5.41, 5.74) is 0.941. The SMILES string of the molecule is CCCN(CC1CC1)CC(O)c1cccc(OC)c1. The highest BCUT2D eigenvalue weighted by molar-refractivity contribution is 5.29. The van der Waals surface area contributed by atoms with Crippen LogP contribution < -0.4 is 4.74 Å². The predicted molar refractivity (Wildman–Crippen MR) is 77.4 cm³/mol. The number of hydrogen-bond acceptors (Lipinski definition) is 3. The maximum Gasteiger partial charge on any atom is 0.119 e. The Bertz CT molecular complexity index is 390. The second kappa shape index (κ2) is 6.92. The molecule has 0 radical (unpaired) electrons. The third kappa shape index (κ3) is 4.51. The number of aliphatic hydroxyl groups excluding tert-OH is 1. The molecule has 1 aliphatic carbocycles. The molecule has 1 N–H and O–H groups in total. The molecule has 106 valence electrons. The number of benzene rings is 1. The first-order chi connectivity index (χ1) is 9.22. The van der Waals surface area contributed by atoms with Gasteiger partial charge < -0.3 is 14.7 Å². The van der Waals surface area contributed by atoms with E-state index in [1.165, 1.54) is 12.8 Å². The third-order valence-electron chi connectivity index (χ3n) is 3.66. The fourth-order valence-electron chi connectivity index (χ4n) is 2.44. The van der Waals surface area contributed by atoms with Crippen molar-refractivity contribution in [1.29, 1.82) is 0 Å². The highest BCUT2D eigenvalue weighted by atomic mass is 16.5. The fraction of sp³-hybridized carbons (Fsp3) is 0.625. The summed E-state index contributed by atoms with van der Waals surface area (Å²) in [6.07, 6.45) is 3.42. The van der Waals surface area contributed by atoms with Crippen molar-refractivity contribution in [2.75, 3.05) is 26.7 Å². The minimum absolute atomic E-state index is 0.430. The average Bonchev–Trinajstić information content (AvgIpc) is 3.23. The van der Waals surface area contributed by atoms with Gasteiger partial charge in [0.25, 0.3) is 0 Å². The molecule has 1 unspecified atom stereocenters. The first kappa shape index (κ1) is 14.4. The quantitative estimate of drug-likeness (QED) is 0.783. The molecule has 19 heavy (non-hydrogen) atoms. The van der Waals surface area contributed by atoms with Crippen molar-refractivity contribution < 1.29 is 9.84 Å². The summed E-state index contributed by atoms with van der Waals surface area (Å²) in [6, 6.07) is 7.73. The Morgan fingerprint density at radius 3 is 2.84 bits per heavy atom. The first-order valence-electron chi connectivity index (χ1n) is 7.27. The zero-order valence-corrected chi connectivity index (χ0v) is 12.0. The first-order valence-corrected chi connectivity index (χ1v) is 7.27. The number of hydrogen-bond donors (Lipinski definition) is 1. The van der Waals surface area contributed by atoms with Crippen LogP contribution in [-0.2, 0) is 0 Å². The molecule has 1 fully saturated rings. The molecule has 0 heterocycles. The van der Waals surface area contributed by atoms with Crippen molar-refractivity contribution in [3.63, 3.8) is 0 Å². The van der Waals surface area contributed by atoms with Crippen molar-refractivity contribution >= 4 is 0 Å². The van der Waals surface area contributed by atoms with Crippen LogP contribution in [0.25, 0.3) is 0 Å². The number of nitrogens with zero attached hydrogens (tertiary/aromatic N) is 1. The predicted octanol–water partition coefficient (Wildman–Crippen LogP) is 2.85. The van der Waals surface area contributed by atoms with Crippen LogP contribution in [0, 0.1) is 5.92 Å². The molecule has 1 aliphatic rings. The van der Waals surface area contributed by atoms with E-state index in [9.17, 15) is 5.11 Å². The molecular weight excluding hydrogens is 238 g/mol. The monoisotopic (exact) mass is 263 g/mol. The van der Waals surface area contributed by atoms with Crippen LogP contribution >= 0.6 is 0 Å². The number of aliphatic hydroxyl groups is 1. The van der Waals surface area contributed by atoms with Gasteiger partial charge >= 0.3 is 0 Å². The van der Waals surface area contributed by atoms with Crippen LogP contribution in [0.1, 0.15) is 37.9 Å². The Balaban J connectivity index is 1.94. The van der Waals surface area contributed by atoms with Gasteiger partial charge in [-0.2, -0.15) is 0 Å². The summed E-state index contributed by atoms with van der Waals surface area (Å²) in [5, 5.41) is 10.4. The molecule has 1 aromatic rings. The van der Waals surface area contributed by atoms with Gasteiger partial charge in [-0.15, -0.1) is 0 Å². The van der Waals surface area contributed by atoms with Crippen LogP contribution in [-0.4, -0.2) is 36.8 Å². The zero-order valence-electron chi connectivity index (χ0n) is 12.0. The smallest absolute Gasteiger partial charge is 0.119 e. The summed E-state index contributed by atoms with van der Waals surface area (Å²) >= 11 is 0. The average molecular weight is 263 g/mol. The minimum atomic E-state index is -0.430. The van der Waals surface area contributed by atoms with Crippen LogP contribution in [0.5, 0.6) is 5.75 Å². The molecule has 0 aromatic heterocycles. The van der Waals surface area contributed by atoms with E-state index in [0.29, 0.717) is 0 Å². The van der Waals surface area contributed by atoms with E-state index in [2.05, 4.69) is 11.8 Å². The fourth-order valence-corrected chi connectivity index (χ4v) is 2.44. The second-order valence-corrected chi connectivity index (χ2v) is 5.50. The summed E-state index contributed by atoms with van der Waals surface area (Å²) in [5.74, 6) is 1.67. The van der Waals surface area contributed by atoms with Crippen LogP contribution in [0.15, 0.2) is 24.3 Å². The molecule has 2 rings (SSSR count). The van der Waals surface area contributed by atoms with E-state index < -0.39 is 6.10 Å². The molecule has 0 spiro atoms. The van der Waals surface area contributed by atoms with Gasteiger partial charge in [0.1, 0.15) is 5.75 Å². The Labute approximate surface area is 116 Å². The van der Waals surface area contributed by atoms with E-state index in [4.69, 9.17) is 4.74 Å². The van der Waals surface area contributed by atoms with Crippen molar-refractivity contribution in [1.82, 2.24) is 4.90 Å². The highest BCUT2D eigenvalue weighted by Crippen LogP contribution is 2.30. The van der Waals surface area contributed by atoms with Gasteiger partial charge in [-0.25, -0.2) is 0 Å². The number of methoxy groups -OCH3 is 1. The van der Waals surface area contributed by atoms with Gasteiger partial charge in [-0.3, -0.25) is 0 Å². The lowest BCUT2D eigenvalue weighted by molar-refractivity contribution is 0.110. The molecule has 0 aliphatic heterocycles. The summed E-state index contributed by atoms with van der Waals surface area (Å²) in [7, 11) is 1.65. The lowest BCUT2D eigenvalue weighted by Crippen LogP contribution is -2.31. The molecule has 0 saturated heterocycles.